The van der Waals surface area contributed by atoms with Crippen LogP contribution in [0.25, 0.3) is 0 Å². The van der Waals surface area contributed by atoms with Crippen LogP contribution >= 0.6 is 0 Å². The highest BCUT2D eigenvalue weighted by Gasteiger charge is 2.27. The van der Waals surface area contributed by atoms with Crippen LogP contribution in [0.1, 0.15) is 17.6 Å². The lowest BCUT2D eigenvalue weighted by molar-refractivity contribution is -0.140. The molecule has 0 bridgehead atoms. The molecule has 1 N–H and O–H groups in total. The van der Waals surface area contributed by atoms with E-state index in [-0.39, 0.29) is 18.6 Å². The lowest BCUT2D eigenvalue weighted by atomic mass is 10.2. The van der Waals surface area contributed by atoms with E-state index in [4.69, 9.17) is 4.74 Å². The maximum atomic E-state index is 12.4. The number of carbonyl (C=O) groups excluding carboxylic acids is 1. The van der Waals surface area contributed by atoms with Gasteiger partial charge in [-0.15, -0.1) is 0 Å². The van der Waals surface area contributed by atoms with Crippen molar-refractivity contribution in [1.82, 2.24) is 24.6 Å². The summed E-state index contributed by atoms with van der Waals surface area (Å²) >= 11 is 0. The van der Waals surface area contributed by atoms with Crippen LogP contribution in [-0.2, 0) is 16.1 Å². The van der Waals surface area contributed by atoms with Crippen LogP contribution < -0.4 is 5.32 Å². The summed E-state index contributed by atoms with van der Waals surface area (Å²) < 4.78 is 7.43. The van der Waals surface area contributed by atoms with Gasteiger partial charge in [0.25, 0.3) is 0 Å². The van der Waals surface area contributed by atoms with Gasteiger partial charge in [-0.3, -0.25) is 9.48 Å². The molecular formula is C15H20N6O2. The molecule has 1 aliphatic rings. The number of amides is 1. The molecule has 3 rings (SSSR count). The molecule has 1 amide bonds. The van der Waals surface area contributed by atoms with Crippen molar-refractivity contribution in [1.29, 1.82) is 0 Å². The average molecular weight is 316 g/mol. The van der Waals surface area contributed by atoms with Gasteiger partial charge in [-0.2, -0.15) is 5.10 Å². The highest BCUT2D eigenvalue weighted by atomic mass is 16.5. The monoisotopic (exact) mass is 316 g/mol. The number of aryl methyl sites for hydroxylation is 1. The third-order valence-electron chi connectivity index (χ3n) is 3.72. The second kappa shape index (κ2) is 6.74. The zero-order valence-corrected chi connectivity index (χ0v) is 13.3. The molecule has 0 unspecified atom stereocenters. The van der Waals surface area contributed by atoms with Crippen molar-refractivity contribution < 1.29 is 9.53 Å². The summed E-state index contributed by atoms with van der Waals surface area (Å²) in [7, 11) is 1.81. The second-order valence-corrected chi connectivity index (χ2v) is 5.38. The van der Waals surface area contributed by atoms with Crippen LogP contribution in [-0.4, -0.2) is 57.3 Å². The van der Waals surface area contributed by atoms with Gasteiger partial charge in [0, 0.05) is 32.1 Å². The fourth-order valence-corrected chi connectivity index (χ4v) is 2.57. The number of nitrogens with zero attached hydrogens (tertiary/aromatic N) is 5. The van der Waals surface area contributed by atoms with Crippen LogP contribution in [0.15, 0.2) is 24.5 Å². The Balaban J connectivity index is 1.70. The topological polar surface area (TPSA) is 85.2 Å². The Bertz CT molecular complexity index is 673. The first kappa shape index (κ1) is 15.4. The zero-order chi connectivity index (χ0) is 16.2. The Morgan fingerprint density at radius 3 is 3.09 bits per heavy atom. The maximum absolute atomic E-state index is 12.4. The van der Waals surface area contributed by atoms with Gasteiger partial charge in [0.1, 0.15) is 24.3 Å². The molecule has 1 fully saturated rings. The van der Waals surface area contributed by atoms with Gasteiger partial charge in [0.05, 0.1) is 18.8 Å². The quantitative estimate of drug-likeness (QED) is 0.890. The number of aromatic nitrogens is 4. The van der Waals surface area contributed by atoms with E-state index in [1.807, 2.05) is 20.0 Å². The summed E-state index contributed by atoms with van der Waals surface area (Å²) in [6, 6.07) is 3.66. The van der Waals surface area contributed by atoms with Gasteiger partial charge in [-0.05, 0) is 13.0 Å². The lowest BCUT2D eigenvalue weighted by Gasteiger charge is -2.32. The van der Waals surface area contributed by atoms with E-state index in [1.54, 1.807) is 28.0 Å². The Morgan fingerprint density at radius 1 is 1.48 bits per heavy atom. The molecule has 2 aromatic rings. The summed E-state index contributed by atoms with van der Waals surface area (Å²) in [5.41, 5.74) is 0.790. The molecule has 0 aromatic carbocycles. The minimum Gasteiger partial charge on any atom is -0.373 e. The van der Waals surface area contributed by atoms with Crippen molar-refractivity contribution in [2.45, 2.75) is 19.6 Å². The van der Waals surface area contributed by atoms with Gasteiger partial charge in [0.15, 0.2) is 0 Å². The maximum Gasteiger partial charge on any atom is 0.244 e. The first-order valence-corrected chi connectivity index (χ1v) is 7.56. The normalized spacial score (nSPS) is 18.0. The fourth-order valence-electron chi connectivity index (χ4n) is 2.57. The van der Waals surface area contributed by atoms with E-state index in [1.165, 1.54) is 0 Å². The van der Waals surface area contributed by atoms with Crippen molar-refractivity contribution >= 4 is 11.7 Å². The first-order chi connectivity index (χ1) is 11.2. The van der Waals surface area contributed by atoms with Crippen molar-refractivity contribution in [3.8, 4) is 0 Å². The summed E-state index contributed by atoms with van der Waals surface area (Å²) in [5, 5.41) is 7.08. The summed E-state index contributed by atoms with van der Waals surface area (Å²) in [6.07, 6.45) is 3.21. The molecule has 23 heavy (non-hydrogen) atoms. The van der Waals surface area contributed by atoms with Gasteiger partial charge >= 0.3 is 0 Å². The first-order valence-electron chi connectivity index (χ1n) is 7.56. The van der Waals surface area contributed by atoms with Gasteiger partial charge in [-0.25, -0.2) is 9.97 Å². The third-order valence-corrected chi connectivity index (χ3v) is 3.72. The largest absolute Gasteiger partial charge is 0.373 e. The molecule has 8 nitrogen and oxygen atoms in total. The van der Waals surface area contributed by atoms with E-state index in [9.17, 15) is 4.79 Å². The van der Waals surface area contributed by atoms with Crippen molar-refractivity contribution in [3.63, 3.8) is 0 Å². The van der Waals surface area contributed by atoms with Crippen LogP contribution in [0.3, 0.4) is 0 Å². The smallest absolute Gasteiger partial charge is 0.244 e. The van der Waals surface area contributed by atoms with E-state index < -0.39 is 0 Å². The number of hydrogen-bond donors (Lipinski definition) is 1. The standard InChI is InChI=1S/C15H20N6O2/c1-11-18-12(8-14(16-2)19-11)13-9-20(6-7-23-13)15(22)10-21-5-3-4-17-21/h3-5,8,13H,6-7,9-10H2,1-2H3,(H,16,18,19)/t13-/m0/s1. The fraction of sp³-hybridized carbons (Fsp3) is 0.467. The molecule has 3 heterocycles. The molecule has 1 aliphatic heterocycles. The van der Waals surface area contributed by atoms with Crippen molar-refractivity contribution in [3.05, 3.63) is 36.0 Å². The lowest BCUT2D eigenvalue weighted by Crippen LogP contribution is -2.44. The van der Waals surface area contributed by atoms with Gasteiger partial charge in [0.2, 0.25) is 5.91 Å². The molecular weight excluding hydrogens is 296 g/mol. The number of hydrogen-bond acceptors (Lipinski definition) is 6. The Hall–Kier alpha value is -2.48. The van der Waals surface area contributed by atoms with Crippen molar-refractivity contribution in [2.75, 3.05) is 32.1 Å². The van der Waals surface area contributed by atoms with Crippen molar-refractivity contribution in [2.24, 2.45) is 0 Å². The molecule has 8 heteroatoms. The van der Waals surface area contributed by atoms with Crippen LogP contribution in [0.4, 0.5) is 5.82 Å². The number of anilines is 1. The molecule has 122 valence electrons. The number of nitrogens with one attached hydrogen (secondary N) is 1. The van der Waals surface area contributed by atoms with E-state index >= 15 is 0 Å². The predicted molar refractivity (Wildman–Crippen MR) is 83.8 cm³/mol. The molecule has 0 aliphatic carbocycles. The van der Waals surface area contributed by atoms with E-state index in [0.29, 0.717) is 25.5 Å². The van der Waals surface area contributed by atoms with Crippen LogP contribution in [0, 0.1) is 6.92 Å². The van der Waals surface area contributed by atoms with Gasteiger partial charge in [-0.1, -0.05) is 0 Å². The third kappa shape index (κ3) is 3.65. The summed E-state index contributed by atoms with van der Waals surface area (Å²) in [6.45, 7) is 3.64. The Labute approximate surface area is 134 Å². The highest BCUT2D eigenvalue weighted by Crippen LogP contribution is 2.22. The number of rotatable bonds is 4. The molecule has 0 saturated carbocycles. The van der Waals surface area contributed by atoms with E-state index in [0.717, 1.165) is 11.5 Å². The average Bonchev–Trinajstić information content (AvgIpc) is 3.07. The molecule has 2 aromatic heterocycles. The zero-order valence-electron chi connectivity index (χ0n) is 13.3. The predicted octanol–water partition coefficient (Wildman–Crippen LogP) is 0.623. The van der Waals surface area contributed by atoms with Crippen LogP contribution in [0.5, 0.6) is 0 Å². The molecule has 0 radical (unpaired) electrons. The number of carbonyl (C=O) groups is 1. The van der Waals surface area contributed by atoms with E-state index in [2.05, 4.69) is 20.4 Å². The summed E-state index contributed by atoms with van der Waals surface area (Å²) in [4.78, 5) is 22.9. The number of morpholine rings is 1. The highest BCUT2D eigenvalue weighted by molar-refractivity contribution is 5.76. The Morgan fingerprint density at radius 2 is 2.35 bits per heavy atom. The minimum atomic E-state index is -0.237. The van der Waals surface area contributed by atoms with Crippen LogP contribution in [0.2, 0.25) is 0 Å². The SMILES string of the molecule is CNc1cc([C@@H]2CN(C(=O)Cn3cccn3)CCO2)nc(C)n1. The molecule has 1 saturated heterocycles. The minimum absolute atomic E-state index is 0.0293. The summed E-state index contributed by atoms with van der Waals surface area (Å²) in [5.74, 6) is 1.45. The Kier molecular flexibility index (Phi) is 4.52. The number of ether oxygens (including phenoxy) is 1. The second-order valence-electron chi connectivity index (χ2n) is 5.38. The van der Waals surface area contributed by atoms with Gasteiger partial charge < -0.3 is 15.0 Å². The molecule has 0 spiro atoms. The molecule has 1 atom stereocenters.